The average Bonchev–Trinajstić information content (AvgIpc) is 3.14. The maximum absolute atomic E-state index is 12.5. The van der Waals surface area contributed by atoms with Gasteiger partial charge in [-0.15, -0.1) is 0 Å². The van der Waals surface area contributed by atoms with Gasteiger partial charge in [-0.1, -0.05) is 74.0 Å². The van der Waals surface area contributed by atoms with Crippen molar-refractivity contribution in [3.8, 4) is 17.1 Å². The first-order chi connectivity index (χ1) is 13.7. The third-order valence-electron chi connectivity index (χ3n) is 4.62. The maximum atomic E-state index is 12.5. The summed E-state index contributed by atoms with van der Waals surface area (Å²) in [4.78, 5) is 18.4. The zero-order valence-corrected chi connectivity index (χ0v) is 17.6. The number of aromatic nitrogens is 2. The molecule has 0 atom stereocenters. The van der Waals surface area contributed by atoms with Crippen molar-refractivity contribution in [1.29, 1.82) is 0 Å². The molecule has 0 aliphatic rings. The van der Waals surface area contributed by atoms with Crippen LogP contribution in [0.1, 0.15) is 37.8 Å². The van der Waals surface area contributed by atoms with Crippen LogP contribution >= 0.6 is 0 Å². The van der Waals surface area contributed by atoms with Gasteiger partial charge in [0.05, 0.1) is 6.54 Å². The first-order valence-corrected chi connectivity index (χ1v) is 9.60. The van der Waals surface area contributed by atoms with Crippen LogP contribution in [0.2, 0.25) is 0 Å². The quantitative estimate of drug-likeness (QED) is 0.622. The molecule has 6 heteroatoms. The molecule has 1 amide bonds. The number of amides is 1. The van der Waals surface area contributed by atoms with Crippen molar-refractivity contribution in [3.63, 3.8) is 0 Å². The van der Waals surface area contributed by atoms with Crippen LogP contribution in [0.15, 0.2) is 53.1 Å². The minimum atomic E-state index is -0.163. The number of aryl methyl sites for hydroxylation is 1. The highest BCUT2D eigenvalue weighted by atomic mass is 16.5. The van der Waals surface area contributed by atoms with E-state index in [1.165, 1.54) is 4.90 Å². The van der Waals surface area contributed by atoms with E-state index >= 15 is 0 Å². The minimum Gasteiger partial charge on any atom is -0.483 e. The molecule has 1 heterocycles. The normalized spacial score (nSPS) is 11.3. The van der Waals surface area contributed by atoms with Crippen LogP contribution in [-0.4, -0.2) is 34.6 Å². The number of para-hydroxylation sites is 1. The van der Waals surface area contributed by atoms with E-state index in [2.05, 4.69) is 30.9 Å². The molecule has 1 aromatic heterocycles. The molecule has 0 N–H and O–H groups in total. The molecule has 0 radical (unpaired) electrons. The maximum Gasteiger partial charge on any atom is 0.260 e. The fourth-order valence-electron chi connectivity index (χ4n) is 2.89. The highest BCUT2D eigenvalue weighted by Crippen LogP contribution is 2.30. The molecule has 2 aromatic carbocycles. The van der Waals surface area contributed by atoms with Gasteiger partial charge in [-0.05, 0) is 24.0 Å². The molecular formula is C23H27N3O3. The summed E-state index contributed by atoms with van der Waals surface area (Å²) in [5, 5.41) is 4.01. The van der Waals surface area contributed by atoms with E-state index in [1.54, 1.807) is 7.05 Å². The van der Waals surface area contributed by atoms with Crippen LogP contribution in [0.5, 0.6) is 5.75 Å². The second-order valence-corrected chi connectivity index (χ2v) is 8.16. The summed E-state index contributed by atoms with van der Waals surface area (Å²) in [6.45, 7) is 8.54. The summed E-state index contributed by atoms with van der Waals surface area (Å²) in [5.41, 5.74) is 3.04. The van der Waals surface area contributed by atoms with E-state index < -0.39 is 0 Å². The van der Waals surface area contributed by atoms with Crippen LogP contribution in [0.25, 0.3) is 11.4 Å². The number of hydrogen-bond acceptors (Lipinski definition) is 5. The molecule has 0 saturated carbocycles. The van der Waals surface area contributed by atoms with E-state index in [0.29, 0.717) is 11.7 Å². The van der Waals surface area contributed by atoms with Gasteiger partial charge in [0, 0.05) is 12.6 Å². The van der Waals surface area contributed by atoms with Crippen LogP contribution in [0.4, 0.5) is 0 Å². The Labute approximate surface area is 171 Å². The van der Waals surface area contributed by atoms with Crippen LogP contribution in [0.3, 0.4) is 0 Å². The van der Waals surface area contributed by atoms with Crippen molar-refractivity contribution < 1.29 is 14.1 Å². The van der Waals surface area contributed by atoms with Gasteiger partial charge in [0.2, 0.25) is 11.7 Å². The molecule has 0 unspecified atom stereocenters. The second kappa shape index (κ2) is 8.47. The highest BCUT2D eigenvalue weighted by molar-refractivity contribution is 5.77. The van der Waals surface area contributed by atoms with Gasteiger partial charge in [0.15, 0.2) is 6.61 Å². The molecule has 6 nitrogen and oxygen atoms in total. The molecule has 3 aromatic rings. The lowest BCUT2D eigenvalue weighted by atomic mass is 9.86. The molecule has 0 spiro atoms. The molecular weight excluding hydrogens is 366 g/mol. The fraction of sp³-hybridized carbons (Fsp3) is 0.348. The third kappa shape index (κ3) is 5.22. The predicted octanol–water partition coefficient (Wildman–Crippen LogP) is 4.38. The predicted molar refractivity (Wildman–Crippen MR) is 112 cm³/mol. The fourth-order valence-corrected chi connectivity index (χ4v) is 2.89. The Balaban J connectivity index is 1.60. The zero-order chi connectivity index (χ0) is 21.0. The van der Waals surface area contributed by atoms with Gasteiger partial charge in [0.1, 0.15) is 5.75 Å². The summed E-state index contributed by atoms with van der Waals surface area (Å²) in [6, 6.07) is 15.7. The number of ether oxygens (including phenoxy) is 1. The van der Waals surface area contributed by atoms with Crippen molar-refractivity contribution in [1.82, 2.24) is 15.0 Å². The van der Waals surface area contributed by atoms with E-state index in [4.69, 9.17) is 9.26 Å². The van der Waals surface area contributed by atoms with Crippen molar-refractivity contribution in [3.05, 3.63) is 65.5 Å². The Bertz CT molecular complexity index is 972. The Morgan fingerprint density at radius 3 is 2.48 bits per heavy atom. The summed E-state index contributed by atoms with van der Waals surface area (Å²) in [7, 11) is 1.69. The first-order valence-electron chi connectivity index (χ1n) is 9.60. The number of benzene rings is 2. The molecule has 0 saturated heterocycles. The number of carbonyl (C=O) groups excluding carboxylic acids is 1. The molecule has 0 aliphatic carbocycles. The van der Waals surface area contributed by atoms with E-state index in [9.17, 15) is 4.79 Å². The minimum absolute atomic E-state index is 0.0530. The van der Waals surface area contributed by atoms with Gasteiger partial charge in [-0.2, -0.15) is 4.98 Å². The monoisotopic (exact) mass is 393 g/mol. The smallest absolute Gasteiger partial charge is 0.260 e. The largest absolute Gasteiger partial charge is 0.483 e. The SMILES string of the molecule is Cc1ccc(-c2noc(CN(C)C(=O)COc3ccccc3C(C)(C)C)n2)cc1. The van der Waals surface area contributed by atoms with Crippen LogP contribution < -0.4 is 4.74 Å². The summed E-state index contributed by atoms with van der Waals surface area (Å²) in [6.07, 6.45) is 0. The van der Waals surface area contributed by atoms with Gasteiger partial charge in [-0.3, -0.25) is 4.79 Å². The zero-order valence-electron chi connectivity index (χ0n) is 17.6. The Morgan fingerprint density at radius 2 is 1.79 bits per heavy atom. The van der Waals surface area contributed by atoms with Crippen molar-refractivity contribution in [2.75, 3.05) is 13.7 Å². The molecule has 0 aliphatic heterocycles. The standard InChI is InChI=1S/C23H27N3O3/c1-16-10-12-17(13-11-16)22-24-20(29-25-22)14-26(5)21(27)15-28-19-9-7-6-8-18(19)23(2,3)4/h6-13H,14-15H2,1-5H3. The summed E-state index contributed by atoms with van der Waals surface area (Å²) in [5.74, 6) is 1.45. The molecule has 29 heavy (non-hydrogen) atoms. The van der Waals surface area contributed by atoms with Gasteiger partial charge < -0.3 is 14.2 Å². The first kappa shape index (κ1) is 20.6. The Morgan fingerprint density at radius 1 is 1.10 bits per heavy atom. The van der Waals surface area contributed by atoms with Crippen molar-refractivity contribution >= 4 is 5.91 Å². The molecule has 0 fully saturated rings. The van der Waals surface area contributed by atoms with Gasteiger partial charge >= 0.3 is 0 Å². The van der Waals surface area contributed by atoms with E-state index in [-0.39, 0.29) is 24.5 Å². The third-order valence-corrected chi connectivity index (χ3v) is 4.62. The summed E-state index contributed by atoms with van der Waals surface area (Å²) < 4.78 is 11.1. The van der Waals surface area contributed by atoms with E-state index in [0.717, 1.165) is 22.4 Å². The lowest BCUT2D eigenvalue weighted by molar-refractivity contribution is -0.132. The van der Waals surface area contributed by atoms with Gasteiger partial charge in [-0.25, -0.2) is 0 Å². The number of hydrogen-bond donors (Lipinski definition) is 0. The topological polar surface area (TPSA) is 68.5 Å². The lowest BCUT2D eigenvalue weighted by Crippen LogP contribution is -2.31. The number of carbonyl (C=O) groups is 1. The number of likely N-dealkylation sites (N-methyl/N-ethyl adjacent to an activating group) is 1. The van der Waals surface area contributed by atoms with Crippen LogP contribution in [-0.2, 0) is 16.8 Å². The number of nitrogens with zero attached hydrogens (tertiary/aromatic N) is 3. The van der Waals surface area contributed by atoms with Gasteiger partial charge in [0.25, 0.3) is 5.91 Å². The van der Waals surface area contributed by atoms with Crippen molar-refractivity contribution in [2.24, 2.45) is 0 Å². The summed E-state index contributed by atoms with van der Waals surface area (Å²) >= 11 is 0. The average molecular weight is 393 g/mol. The Hall–Kier alpha value is -3.15. The molecule has 152 valence electrons. The number of rotatable bonds is 6. The van der Waals surface area contributed by atoms with Crippen molar-refractivity contribution in [2.45, 2.75) is 39.7 Å². The highest BCUT2D eigenvalue weighted by Gasteiger charge is 2.20. The molecule has 3 rings (SSSR count). The second-order valence-electron chi connectivity index (χ2n) is 8.16. The van der Waals surface area contributed by atoms with Crippen LogP contribution in [0, 0.1) is 6.92 Å². The lowest BCUT2D eigenvalue weighted by Gasteiger charge is -2.23. The molecule has 0 bridgehead atoms. The van der Waals surface area contributed by atoms with E-state index in [1.807, 2.05) is 55.5 Å². The Kier molecular flexibility index (Phi) is 6.01.